The Hall–Kier alpha value is -1.36. The summed E-state index contributed by atoms with van der Waals surface area (Å²) in [5.74, 6) is 2.34. The predicted octanol–water partition coefficient (Wildman–Crippen LogP) is 4.17. The van der Waals surface area contributed by atoms with Crippen LogP contribution < -0.4 is 10.2 Å². The molecule has 0 amide bonds. The number of fused-ring (bicyclic) bond motifs is 1. The molecule has 1 atom stereocenters. The topological polar surface area (TPSA) is 41.1 Å². The van der Waals surface area contributed by atoms with Crippen LogP contribution >= 0.6 is 11.3 Å². The van der Waals surface area contributed by atoms with E-state index in [2.05, 4.69) is 62.9 Å². The molecule has 0 spiro atoms. The van der Waals surface area contributed by atoms with Crippen LogP contribution in [0, 0.1) is 5.92 Å². The first kappa shape index (κ1) is 16.0. The summed E-state index contributed by atoms with van der Waals surface area (Å²) in [6, 6.07) is 2.68. The maximum atomic E-state index is 4.75. The molecule has 0 aliphatic carbocycles. The van der Waals surface area contributed by atoms with Gasteiger partial charge < -0.3 is 10.2 Å². The second-order valence-corrected chi connectivity index (χ2v) is 6.90. The van der Waals surface area contributed by atoms with Crippen LogP contribution in [-0.4, -0.2) is 29.6 Å². The molecular weight excluding hydrogens is 280 g/mol. The smallest absolute Gasteiger partial charge is 0.226 e. The molecule has 0 saturated heterocycles. The minimum Gasteiger partial charge on any atom is -0.356 e. The van der Waals surface area contributed by atoms with Crippen LogP contribution in [0.5, 0.6) is 0 Å². The summed E-state index contributed by atoms with van der Waals surface area (Å²) in [5, 5.41) is 4.42. The number of hydrogen-bond acceptors (Lipinski definition) is 5. The second kappa shape index (κ2) is 6.60. The van der Waals surface area contributed by atoms with Crippen molar-refractivity contribution < 1.29 is 0 Å². The Balaban J connectivity index is 2.55. The van der Waals surface area contributed by atoms with Gasteiger partial charge in [0.2, 0.25) is 5.95 Å². The number of nitrogens with zero attached hydrogens (tertiary/aromatic N) is 3. The van der Waals surface area contributed by atoms with Gasteiger partial charge in [-0.2, -0.15) is 4.98 Å². The highest BCUT2D eigenvalue weighted by molar-refractivity contribution is 7.18. The summed E-state index contributed by atoms with van der Waals surface area (Å²) in [7, 11) is 2.13. The highest BCUT2D eigenvalue weighted by atomic mass is 32.1. The van der Waals surface area contributed by atoms with E-state index in [1.807, 2.05) is 0 Å². The maximum absolute atomic E-state index is 4.75. The van der Waals surface area contributed by atoms with Crippen molar-refractivity contribution in [2.75, 3.05) is 23.8 Å². The Morgan fingerprint density at radius 2 is 1.95 bits per heavy atom. The number of rotatable bonds is 6. The molecule has 0 aliphatic rings. The van der Waals surface area contributed by atoms with Crippen LogP contribution in [0.2, 0.25) is 0 Å². The SMILES string of the molecule is CCNc1nc(N(C)C(C)C(C)C)c2cc(CC)sc2n1. The largest absolute Gasteiger partial charge is 0.356 e. The molecule has 2 aromatic rings. The monoisotopic (exact) mass is 306 g/mol. The number of aryl methyl sites for hydroxylation is 1. The first-order valence-corrected chi connectivity index (χ1v) is 8.56. The summed E-state index contributed by atoms with van der Waals surface area (Å²) in [6.07, 6.45) is 1.04. The van der Waals surface area contributed by atoms with Crippen molar-refractivity contribution in [3.8, 4) is 0 Å². The van der Waals surface area contributed by atoms with E-state index in [-0.39, 0.29) is 0 Å². The van der Waals surface area contributed by atoms with Gasteiger partial charge in [0.25, 0.3) is 0 Å². The average Bonchev–Trinajstić information content (AvgIpc) is 2.88. The third kappa shape index (κ3) is 3.28. The van der Waals surface area contributed by atoms with Gasteiger partial charge >= 0.3 is 0 Å². The molecular formula is C16H26N4S. The molecule has 1 N–H and O–H groups in total. The molecule has 0 saturated carbocycles. The van der Waals surface area contributed by atoms with Gasteiger partial charge in [-0.1, -0.05) is 20.8 Å². The van der Waals surface area contributed by atoms with E-state index < -0.39 is 0 Å². The summed E-state index contributed by atoms with van der Waals surface area (Å²) in [4.78, 5) is 14.1. The lowest BCUT2D eigenvalue weighted by Gasteiger charge is -2.29. The van der Waals surface area contributed by atoms with Gasteiger partial charge in [-0.3, -0.25) is 0 Å². The number of thiophene rings is 1. The fourth-order valence-electron chi connectivity index (χ4n) is 2.28. The van der Waals surface area contributed by atoms with E-state index in [1.165, 1.54) is 10.3 Å². The van der Waals surface area contributed by atoms with E-state index in [1.54, 1.807) is 11.3 Å². The van der Waals surface area contributed by atoms with Crippen molar-refractivity contribution in [2.45, 2.75) is 47.1 Å². The van der Waals surface area contributed by atoms with Gasteiger partial charge in [-0.15, -0.1) is 11.3 Å². The predicted molar refractivity (Wildman–Crippen MR) is 93.7 cm³/mol. The molecule has 0 aromatic carbocycles. The van der Waals surface area contributed by atoms with E-state index >= 15 is 0 Å². The van der Waals surface area contributed by atoms with Gasteiger partial charge in [-0.05, 0) is 32.3 Å². The van der Waals surface area contributed by atoms with Gasteiger partial charge in [0.15, 0.2) is 0 Å². The van der Waals surface area contributed by atoms with Crippen LogP contribution in [0.3, 0.4) is 0 Å². The lowest BCUT2D eigenvalue weighted by Crippen LogP contribution is -2.34. The minimum atomic E-state index is 0.433. The molecule has 0 fully saturated rings. The van der Waals surface area contributed by atoms with Gasteiger partial charge in [0.05, 0.1) is 5.39 Å². The zero-order valence-electron chi connectivity index (χ0n) is 13.9. The lowest BCUT2D eigenvalue weighted by atomic mass is 10.1. The van der Waals surface area contributed by atoms with Crippen LogP contribution in [0.15, 0.2) is 6.07 Å². The Kier molecular flexibility index (Phi) is 5.04. The Bertz CT molecular complexity index is 606. The Morgan fingerprint density at radius 1 is 1.24 bits per heavy atom. The van der Waals surface area contributed by atoms with Crippen molar-refractivity contribution in [3.05, 3.63) is 10.9 Å². The van der Waals surface area contributed by atoms with Crippen molar-refractivity contribution in [2.24, 2.45) is 5.92 Å². The van der Waals surface area contributed by atoms with Crippen LogP contribution in [0.1, 0.15) is 39.5 Å². The zero-order valence-corrected chi connectivity index (χ0v) is 14.7. The van der Waals surface area contributed by atoms with Crippen molar-refractivity contribution in [1.29, 1.82) is 0 Å². The van der Waals surface area contributed by atoms with E-state index in [4.69, 9.17) is 4.98 Å². The molecule has 2 aromatic heterocycles. The van der Waals surface area contributed by atoms with E-state index in [0.717, 1.165) is 29.6 Å². The van der Waals surface area contributed by atoms with Gasteiger partial charge in [-0.25, -0.2) is 4.98 Å². The van der Waals surface area contributed by atoms with Crippen molar-refractivity contribution in [1.82, 2.24) is 9.97 Å². The second-order valence-electron chi connectivity index (χ2n) is 5.78. The lowest BCUT2D eigenvalue weighted by molar-refractivity contribution is 0.503. The molecule has 4 nitrogen and oxygen atoms in total. The highest BCUT2D eigenvalue weighted by Gasteiger charge is 2.20. The average molecular weight is 306 g/mol. The molecule has 2 heterocycles. The van der Waals surface area contributed by atoms with Gasteiger partial charge in [0.1, 0.15) is 10.6 Å². The number of anilines is 2. The molecule has 0 bridgehead atoms. The third-order valence-corrected chi connectivity index (χ3v) is 5.19. The first-order valence-electron chi connectivity index (χ1n) is 7.75. The van der Waals surface area contributed by atoms with E-state index in [9.17, 15) is 0 Å². The fraction of sp³-hybridized carbons (Fsp3) is 0.625. The standard InChI is InChI=1S/C16H26N4S/c1-7-12-9-13-14(20(6)11(5)10(3)4)18-16(17-8-2)19-15(13)21-12/h9-11H,7-8H2,1-6H3,(H,17,18,19). The zero-order chi connectivity index (χ0) is 15.6. The van der Waals surface area contributed by atoms with Crippen molar-refractivity contribution >= 4 is 33.3 Å². The quantitative estimate of drug-likeness (QED) is 0.870. The van der Waals surface area contributed by atoms with Crippen LogP contribution in [-0.2, 0) is 6.42 Å². The Morgan fingerprint density at radius 3 is 2.52 bits per heavy atom. The van der Waals surface area contributed by atoms with Gasteiger partial charge in [0, 0.05) is 24.5 Å². The molecule has 0 radical (unpaired) electrons. The van der Waals surface area contributed by atoms with Crippen LogP contribution in [0.4, 0.5) is 11.8 Å². The molecule has 116 valence electrons. The summed E-state index contributed by atoms with van der Waals surface area (Å²) < 4.78 is 0. The number of hydrogen-bond donors (Lipinski definition) is 1. The summed E-state index contributed by atoms with van der Waals surface area (Å²) >= 11 is 1.77. The Labute approximate surface area is 131 Å². The molecule has 0 aliphatic heterocycles. The van der Waals surface area contributed by atoms with Crippen LogP contribution in [0.25, 0.3) is 10.2 Å². The fourth-order valence-corrected chi connectivity index (χ4v) is 3.24. The van der Waals surface area contributed by atoms with Crippen molar-refractivity contribution in [3.63, 3.8) is 0 Å². The molecule has 5 heteroatoms. The molecule has 1 unspecified atom stereocenters. The maximum Gasteiger partial charge on any atom is 0.226 e. The summed E-state index contributed by atoms with van der Waals surface area (Å²) in [5.41, 5.74) is 0. The molecule has 2 rings (SSSR count). The number of nitrogens with one attached hydrogen (secondary N) is 1. The first-order chi connectivity index (χ1) is 9.97. The highest BCUT2D eigenvalue weighted by Crippen LogP contribution is 2.33. The normalized spacial score (nSPS) is 12.9. The number of aromatic nitrogens is 2. The summed E-state index contributed by atoms with van der Waals surface area (Å²) in [6.45, 7) is 11.8. The molecule has 21 heavy (non-hydrogen) atoms. The van der Waals surface area contributed by atoms with E-state index in [0.29, 0.717) is 12.0 Å². The third-order valence-electron chi connectivity index (χ3n) is 4.02. The minimum absolute atomic E-state index is 0.433.